The van der Waals surface area contributed by atoms with Crippen molar-refractivity contribution in [3.63, 3.8) is 0 Å². The highest BCUT2D eigenvalue weighted by molar-refractivity contribution is 5.64. The van der Waals surface area contributed by atoms with Crippen molar-refractivity contribution < 1.29 is 4.74 Å². The smallest absolute Gasteiger partial charge is 0.128 e. The van der Waals surface area contributed by atoms with E-state index in [1.165, 1.54) is 18.4 Å². The average Bonchev–Trinajstić information content (AvgIpc) is 3.40. The first-order valence-corrected chi connectivity index (χ1v) is 9.41. The van der Waals surface area contributed by atoms with E-state index in [0.717, 1.165) is 54.6 Å². The van der Waals surface area contributed by atoms with Crippen LogP contribution in [0.2, 0.25) is 0 Å². The fraction of sp³-hybridized carbons (Fsp3) is 0.333. The Bertz CT molecular complexity index is 886. The lowest BCUT2D eigenvalue weighted by Crippen LogP contribution is -2.19. The Labute approximate surface area is 159 Å². The number of anilines is 1. The number of aromatic amines is 1. The van der Waals surface area contributed by atoms with Crippen molar-refractivity contribution >= 4 is 5.82 Å². The van der Waals surface area contributed by atoms with Crippen LogP contribution >= 0.6 is 0 Å². The fourth-order valence-corrected chi connectivity index (χ4v) is 3.50. The van der Waals surface area contributed by atoms with Gasteiger partial charge in [-0.05, 0) is 42.7 Å². The third kappa shape index (κ3) is 4.11. The van der Waals surface area contributed by atoms with Gasteiger partial charge in [0.25, 0.3) is 0 Å². The molecule has 1 aromatic carbocycles. The molecule has 1 saturated heterocycles. The molecule has 4 rings (SSSR count). The second-order valence-electron chi connectivity index (χ2n) is 6.82. The van der Waals surface area contributed by atoms with Crippen LogP contribution in [0.5, 0.6) is 5.75 Å². The maximum absolute atomic E-state index is 5.33. The van der Waals surface area contributed by atoms with Crippen molar-refractivity contribution in [3.05, 3.63) is 59.9 Å². The summed E-state index contributed by atoms with van der Waals surface area (Å²) in [6.07, 6.45) is 6.31. The van der Waals surface area contributed by atoms with Gasteiger partial charge in [0.15, 0.2) is 0 Å². The van der Waals surface area contributed by atoms with Gasteiger partial charge in [-0.25, -0.2) is 4.98 Å². The Morgan fingerprint density at radius 3 is 2.89 bits per heavy atom. The van der Waals surface area contributed by atoms with Crippen molar-refractivity contribution in [2.24, 2.45) is 0 Å². The Morgan fingerprint density at radius 2 is 2.04 bits per heavy atom. The van der Waals surface area contributed by atoms with Gasteiger partial charge < -0.3 is 15.0 Å². The van der Waals surface area contributed by atoms with Crippen LogP contribution in [0.1, 0.15) is 24.0 Å². The minimum Gasteiger partial charge on any atom is -0.497 e. The van der Waals surface area contributed by atoms with Gasteiger partial charge in [-0.3, -0.25) is 5.10 Å². The van der Waals surface area contributed by atoms with Crippen LogP contribution in [-0.2, 0) is 13.1 Å². The first kappa shape index (κ1) is 17.5. The number of nitrogens with zero attached hydrogens (tertiary/aromatic N) is 3. The Kier molecular flexibility index (Phi) is 5.34. The summed E-state index contributed by atoms with van der Waals surface area (Å²) in [4.78, 5) is 6.88. The molecule has 0 unspecified atom stereocenters. The van der Waals surface area contributed by atoms with Gasteiger partial charge in [-0.2, -0.15) is 5.10 Å². The summed E-state index contributed by atoms with van der Waals surface area (Å²) in [5.41, 5.74) is 4.48. The number of nitrogens with one attached hydrogen (secondary N) is 2. The van der Waals surface area contributed by atoms with Crippen molar-refractivity contribution in [1.29, 1.82) is 0 Å². The number of ether oxygens (including phenoxy) is 1. The summed E-state index contributed by atoms with van der Waals surface area (Å²) < 4.78 is 5.33. The van der Waals surface area contributed by atoms with Crippen LogP contribution in [0.3, 0.4) is 0 Å². The predicted molar refractivity (Wildman–Crippen MR) is 107 cm³/mol. The van der Waals surface area contributed by atoms with Crippen LogP contribution in [0.4, 0.5) is 5.82 Å². The molecule has 1 aliphatic heterocycles. The molecule has 1 aliphatic rings. The SMILES string of the molecule is COc1cccc(-c2[nH]ncc2CNCc2ccnc(N3CCCC3)c2)c1. The van der Waals surface area contributed by atoms with Crippen LogP contribution in [0.25, 0.3) is 11.3 Å². The van der Waals surface area contributed by atoms with Crippen LogP contribution in [0, 0.1) is 0 Å². The first-order chi connectivity index (χ1) is 13.3. The molecular formula is C21H25N5O. The van der Waals surface area contributed by atoms with E-state index >= 15 is 0 Å². The van der Waals surface area contributed by atoms with Gasteiger partial charge in [0.05, 0.1) is 19.0 Å². The molecule has 2 aromatic heterocycles. The second kappa shape index (κ2) is 8.22. The van der Waals surface area contributed by atoms with E-state index in [9.17, 15) is 0 Å². The number of hydrogen-bond acceptors (Lipinski definition) is 5. The number of pyridine rings is 1. The number of hydrogen-bond donors (Lipinski definition) is 2. The molecule has 6 nitrogen and oxygen atoms in total. The fourth-order valence-electron chi connectivity index (χ4n) is 3.50. The number of aromatic nitrogens is 3. The third-order valence-electron chi connectivity index (χ3n) is 4.96. The molecule has 3 heterocycles. The summed E-state index contributed by atoms with van der Waals surface area (Å²) in [6, 6.07) is 12.3. The number of methoxy groups -OCH3 is 1. The van der Waals surface area contributed by atoms with Gasteiger partial charge in [0, 0.05) is 43.5 Å². The molecule has 0 amide bonds. The summed E-state index contributed by atoms with van der Waals surface area (Å²) in [6.45, 7) is 3.77. The largest absolute Gasteiger partial charge is 0.497 e. The topological polar surface area (TPSA) is 66.1 Å². The zero-order chi connectivity index (χ0) is 18.5. The molecule has 6 heteroatoms. The molecule has 0 aliphatic carbocycles. The molecule has 0 atom stereocenters. The molecule has 27 heavy (non-hydrogen) atoms. The van der Waals surface area contributed by atoms with E-state index in [0.29, 0.717) is 0 Å². The molecule has 2 N–H and O–H groups in total. The number of benzene rings is 1. The van der Waals surface area contributed by atoms with Crippen LogP contribution < -0.4 is 15.0 Å². The molecule has 1 fully saturated rings. The Balaban J connectivity index is 1.40. The zero-order valence-corrected chi connectivity index (χ0v) is 15.6. The molecule has 140 valence electrons. The maximum Gasteiger partial charge on any atom is 0.128 e. The summed E-state index contributed by atoms with van der Waals surface area (Å²) in [7, 11) is 1.68. The van der Waals surface area contributed by atoms with Crippen LogP contribution in [0.15, 0.2) is 48.8 Å². The molecular weight excluding hydrogens is 338 g/mol. The number of H-pyrrole nitrogens is 1. The van der Waals surface area contributed by atoms with Gasteiger partial charge in [0.1, 0.15) is 11.6 Å². The van der Waals surface area contributed by atoms with Crippen molar-refractivity contribution in [3.8, 4) is 17.0 Å². The summed E-state index contributed by atoms with van der Waals surface area (Å²) in [5, 5.41) is 10.9. The lowest BCUT2D eigenvalue weighted by atomic mass is 10.1. The normalized spacial score (nSPS) is 13.9. The van der Waals surface area contributed by atoms with E-state index in [-0.39, 0.29) is 0 Å². The van der Waals surface area contributed by atoms with Gasteiger partial charge >= 0.3 is 0 Å². The second-order valence-corrected chi connectivity index (χ2v) is 6.82. The van der Waals surface area contributed by atoms with E-state index in [2.05, 4.69) is 43.6 Å². The van der Waals surface area contributed by atoms with Crippen molar-refractivity contribution in [2.75, 3.05) is 25.1 Å². The number of rotatable bonds is 7. The van der Waals surface area contributed by atoms with E-state index in [4.69, 9.17) is 4.74 Å². The summed E-state index contributed by atoms with van der Waals surface area (Å²) in [5.74, 6) is 1.93. The molecule has 0 saturated carbocycles. The van der Waals surface area contributed by atoms with Gasteiger partial charge in [0.2, 0.25) is 0 Å². The maximum atomic E-state index is 5.33. The monoisotopic (exact) mass is 363 g/mol. The van der Waals surface area contributed by atoms with Crippen LogP contribution in [-0.4, -0.2) is 35.4 Å². The van der Waals surface area contributed by atoms with Crippen molar-refractivity contribution in [2.45, 2.75) is 25.9 Å². The third-order valence-corrected chi connectivity index (χ3v) is 4.96. The molecule has 3 aromatic rings. The Hall–Kier alpha value is -2.86. The quantitative estimate of drug-likeness (QED) is 0.674. The van der Waals surface area contributed by atoms with E-state index in [1.54, 1.807) is 7.11 Å². The zero-order valence-electron chi connectivity index (χ0n) is 15.6. The highest BCUT2D eigenvalue weighted by atomic mass is 16.5. The van der Waals surface area contributed by atoms with E-state index in [1.807, 2.05) is 30.6 Å². The molecule has 0 radical (unpaired) electrons. The minimum absolute atomic E-state index is 0.740. The standard InChI is InChI=1S/C21H25N5O/c1-27-19-6-4-5-17(12-19)21-18(15-24-25-21)14-22-13-16-7-8-23-20(11-16)26-9-2-3-10-26/h4-8,11-12,15,22H,2-3,9-10,13-14H2,1H3,(H,24,25). The highest BCUT2D eigenvalue weighted by Gasteiger charge is 2.13. The lowest BCUT2D eigenvalue weighted by Gasteiger charge is -2.17. The predicted octanol–water partition coefficient (Wildman–Crippen LogP) is 3.37. The highest BCUT2D eigenvalue weighted by Crippen LogP contribution is 2.25. The van der Waals surface area contributed by atoms with Crippen molar-refractivity contribution in [1.82, 2.24) is 20.5 Å². The minimum atomic E-state index is 0.740. The average molecular weight is 363 g/mol. The Morgan fingerprint density at radius 1 is 1.15 bits per heavy atom. The first-order valence-electron chi connectivity index (χ1n) is 9.41. The summed E-state index contributed by atoms with van der Waals surface area (Å²) >= 11 is 0. The van der Waals surface area contributed by atoms with Gasteiger partial charge in [-0.15, -0.1) is 0 Å². The van der Waals surface area contributed by atoms with E-state index < -0.39 is 0 Å². The molecule has 0 spiro atoms. The lowest BCUT2D eigenvalue weighted by molar-refractivity contribution is 0.415. The van der Waals surface area contributed by atoms with Gasteiger partial charge in [-0.1, -0.05) is 12.1 Å². The molecule has 0 bridgehead atoms.